The summed E-state index contributed by atoms with van der Waals surface area (Å²) in [5, 5.41) is 17.4. The molecular weight excluding hydrogens is 188 g/mol. The summed E-state index contributed by atoms with van der Waals surface area (Å²) in [6.07, 6.45) is -1.05. The molecule has 14 heavy (non-hydrogen) atoms. The molecule has 82 valence electrons. The van der Waals surface area contributed by atoms with Gasteiger partial charge in [-0.25, -0.2) is 0 Å². The fraction of sp³-hybridized carbons (Fsp3) is 0.750. The number of carboxylic acid groups (broad SMARTS) is 1. The van der Waals surface area contributed by atoms with Crippen LogP contribution in [-0.4, -0.2) is 52.7 Å². The van der Waals surface area contributed by atoms with Crippen LogP contribution in [0.2, 0.25) is 0 Å². The molecule has 0 aromatic heterocycles. The number of nitrogens with zero attached hydrogens (tertiary/aromatic N) is 1. The average Bonchev–Trinajstić information content (AvgIpc) is 2.00. The van der Waals surface area contributed by atoms with Gasteiger partial charge in [0.25, 0.3) is 0 Å². The van der Waals surface area contributed by atoms with Crippen molar-refractivity contribution in [3.8, 4) is 0 Å². The summed E-state index contributed by atoms with van der Waals surface area (Å²) in [4.78, 5) is 22.8. The zero-order chi connectivity index (χ0) is 11.3. The van der Waals surface area contributed by atoms with Gasteiger partial charge in [0, 0.05) is 13.6 Å². The van der Waals surface area contributed by atoms with E-state index in [1.54, 1.807) is 0 Å². The van der Waals surface area contributed by atoms with Crippen molar-refractivity contribution in [2.45, 2.75) is 25.5 Å². The number of carboxylic acids is 1. The van der Waals surface area contributed by atoms with E-state index in [2.05, 4.69) is 0 Å². The van der Waals surface area contributed by atoms with E-state index in [0.29, 0.717) is 0 Å². The predicted molar refractivity (Wildman–Crippen MR) is 49.5 cm³/mol. The van der Waals surface area contributed by atoms with Gasteiger partial charge < -0.3 is 20.8 Å². The first-order valence-corrected chi connectivity index (χ1v) is 4.25. The first-order valence-electron chi connectivity index (χ1n) is 4.25. The Morgan fingerprint density at radius 2 is 2.00 bits per heavy atom. The molecule has 0 aromatic rings. The smallest absolute Gasteiger partial charge is 0.305 e. The molecule has 0 rings (SSSR count). The van der Waals surface area contributed by atoms with Crippen LogP contribution in [0.4, 0.5) is 0 Å². The van der Waals surface area contributed by atoms with Crippen LogP contribution in [0.25, 0.3) is 0 Å². The lowest BCUT2D eigenvalue weighted by Crippen LogP contribution is -2.45. The van der Waals surface area contributed by atoms with Gasteiger partial charge in [0.05, 0.1) is 18.6 Å². The summed E-state index contributed by atoms with van der Waals surface area (Å²) in [7, 11) is 1.47. The fourth-order valence-electron chi connectivity index (χ4n) is 1.04. The highest BCUT2D eigenvalue weighted by molar-refractivity contribution is 5.85. The number of aliphatic carboxylic acids is 1. The average molecular weight is 204 g/mol. The molecule has 1 amide bonds. The molecular formula is C8H16N2O4. The maximum atomic E-state index is 11.3. The minimum absolute atomic E-state index is 0.145. The zero-order valence-electron chi connectivity index (χ0n) is 8.30. The van der Waals surface area contributed by atoms with E-state index < -0.39 is 30.4 Å². The number of rotatable bonds is 5. The molecule has 0 aromatic carbocycles. The van der Waals surface area contributed by atoms with Gasteiger partial charge in [0.15, 0.2) is 0 Å². The molecule has 0 aliphatic carbocycles. The third-order valence-corrected chi connectivity index (χ3v) is 1.63. The number of carbonyl (C=O) groups excluding carboxylic acids is 1. The largest absolute Gasteiger partial charge is 0.481 e. The highest BCUT2D eigenvalue weighted by Gasteiger charge is 2.21. The third kappa shape index (κ3) is 4.78. The standard InChI is InChI=1S/C8H16N2O4/c1-5(11)4-10(2)8(14)6(9)3-7(12)13/h5-6,11H,3-4,9H2,1-2H3,(H,12,13). The molecule has 6 nitrogen and oxygen atoms in total. The summed E-state index contributed by atoms with van der Waals surface area (Å²) in [6.45, 7) is 1.68. The second-order valence-corrected chi connectivity index (χ2v) is 3.27. The maximum Gasteiger partial charge on any atom is 0.305 e. The summed E-state index contributed by atoms with van der Waals surface area (Å²) < 4.78 is 0. The van der Waals surface area contributed by atoms with Crippen LogP contribution in [0, 0.1) is 0 Å². The number of aliphatic hydroxyl groups is 1. The molecule has 0 fully saturated rings. The van der Waals surface area contributed by atoms with Gasteiger partial charge in [-0.05, 0) is 6.92 Å². The van der Waals surface area contributed by atoms with Crippen LogP contribution in [-0.2, 0) is 9.59 Å². The van der Waals surface area contributed by atoms with Crippen molar-refractivity contribution in [2.24, 2.45) is 5.73 Å². The number of amides is 1. The van der Waals surface area contributed by atoms with E-state index in [1.165, 1.54) is 18.9 Å². The van der Waals surface area contributed by atoms with Gasteiger partial charge in [-0.3, -0.25) is 9.59 Å². The number of nitrogens with two attached hydrogens (primary N) is 1. The van der Waals surface area contributed by atoms with Gasteiger partial charge in [0.2, 0.25) is 5.91 Å². The molecule has 0 saturated heterocycles. The van der Waals surface area contributed by atoms with Crippen molar-refractivity contribution < 1.29 is 19.8 Å². The Morgan fingerprint density at radius 1 is 1.50 bits per heavy atom. The van der Waals surface area contributed by atoms with Crippen molar-refractivity contribution in [3.63, 3.8) is 0 Å². The van der Waals surface area contributed by atoms with E-state index in [4.69, 9.17) is 15.9 Å². The van der Waals surface area contributed by atoms with Crippen molar-refractivity contribution in [2.75, 3.05) is 13.6 Å². The van der Waals surface area contributed by atoms with Crippen LogP contribution in [0.1, 0.15) is 13.3 Å². The summed E-state index contributed by atoms with van der Waals surface area (Å²) >= 11 is 0. The number of hydrogen-bond donors (Lipinski definition) is 3. The Bertz CT molecular complexity index is 217. The third-order valence-electron chi connectivity index (χ3n) is 1.63. The molecule has 0 heterocycles. The summed E-state index contributed by atoms with van der Waals surface area (Å²) in [6, 6.07) is -1.05. The van der Waals surface area contributed by atoms with Gasteiger partial charge in [-0.2, -0.15) is 0 Å². The Morgan fingerprint density at radius 3 is 2.36 bits per heavy atom. The monoisotopic (exact) mass is 204 g/mol. The minimum atomic E-state index is -1.11. The lowest BCUT2D eigenvalue weighted by molar-refractivity contribution is -0.141. The molecule has 6 heteroatoms. The fourth-order valence-corrected chi connectivity index (χ4v) is 1.04. The van der Waals surface area contributed by atoms with E-state index in [1.807, 2.05) is 0 Å². The van der Waals surface area contributed by atoms with Gasteiger partial charge in [-0.1, -0.05) is 0 Å². The van der Waals surface area contributed by atoms with Crippen molar-refractivity contribution in [3.05, 3.63) is 0 Å². The molecule has 0 bridgehead atoms. The van der Waals surface area contributed by atoms with E-state index in [9.17, 15) is 9.59 Å². The quantitative estimate of drug-likeness (QED) is 0.512. The molecule has 0 aliphatic rings. The Balaban J connectivity index is 4.10. The van der Waals surface area contributed by atoms with Crippen molar-refractivity contribution >= 4 is 11.9 Å². The van der Waals surface area contributed by atoms with Crippen LogP contribution in [0.15, 0.2) is 0 Å². The van der Waals surface area contributed by atoms with Gasteiger partial charge in [0.1, 0.15) is 0 Å². The summed E-state index contributed by atoms with van der Waals surface area (Å²) in [5.74, 6) is -1.59. The number of hydrogen-bond acceptors (Lipinski definition) is 4. The molecule has 2 unspecified atom stereocenters. The number of carbonyl (C=O) groups is 2. The second-order valence-electron chi connectivity index (χ2n) is 3.27. The SMILES string of the molecule is CC(O)CN(C)C(=O)C(N)CC(=O)O. The zero-order valence-corrected chi connectivity index (χ0v) is 8.30. The normalized spacial score (nSPS) is 14.6. The Hall–Kier alpha value is -1.14. The van der Waals surface area contributed by atoms with E-state index in [-0.39, 0.29) is 6.54 Å². The Kier molecular flexibility index (Phi) is 5.11. The predicted octanol–water partition coefficient (Wildman–Crippen LogP) is -1.37. The summed E-state index contributed by atoms with van der Waals surface area (Å²) in [5.41, 5.74) is 5.34. The molecule has 0 aliphatic heterocycles. The van der Waals surface area contributed by atoms with Crippen molar-refractivity contribution in [1.29, 1.82) is 0 Å². The van der Waals surface area contributed by atoms with E-state index >= 15 is 0 Å². The molecule has 0 spiro atoms. The van der Waals surface area contributed by atoms with Crippen LogP contribution >= 0.6 is 0 Å². The van der Waals surface area contributed by atoms with Gasteiger partial charge >= 0.3 is 5.97 Å². The molecule has 0 saturated carbocycles. The Labute approximate surface area is 82.3 Å². The molecule has 0 radical (unpaired) electrons. The van der Waals surface area contributed by atoms with Crippen LogP contribution in [0.5, 0.6) is 0 Å². The lowest BCUT2D eigenvalue weighted by atomic mass is 10.2. The topological polar surface area (TPSA) is 104 Å². The van der Waals surface area contributed by atoms with Crippen LogP contribution < -0.4 is 5.73 Å². The second kappa shape index (κ2) is 5.56. The first kappa shape index (κ1) is 12.9. The first-order chi connectivity index (χ1) is 6.34. The minimum Gasteiger partial charge on any atom is -0.481 e. The number of likely N-dealkylation sites (N-methyl/N-ethyl adjacent to an activating group) is 1. The van der Waals surface area contributed by atoms with Gasteiger partial charge in [-0.15, -0.1) is 0 Å². The van der Waals surface area contributed by atoms with E-state index in [0.717, 1.165) is 0 Å². The van der Waals surface area contributed by atoms with Crippen LogP contribution in [0.3, 0.4) is 0 Å². The molecule has 4 N–H and O–H groups in total. The lowest BCUT2D eigenvalue weighted by Gasteiger charge is -2.21. The maximum absolute atomic E-state index is 11.3. The van der Waals surface area contributed by atoms with Crippen molar-refractivity contribution in [1.82, 2.24) is 4.90 Å². The highest BCUT2D eigenvalue weighted by Crippen LogP contribution is 1.96. The highest BCUT2D eigenvalue weighted by atomic mass is 16.4. The molecule has 2 atom stereocenters. The number of aliphatic hydroxyl groups excluding tert-OH is 1.